The largest absolute Gasteiger partial charge is 0.343 e. The summed E-state index contributed by atoms with van der Waals surface area (Å²) >= 11 is 0. The van der Waals surface area contributed by atoms with Crippen LogP contribution in [0.2, 0.25) is 0 Å². The molecule has 0 spiro atoms. The van der Waals surface area contributed by atoms with Crippen LogP contribution in [0.25, 0.3) is 10.9 Å². The Balaban J connectivity index is 2.37. The van der Waals surface area contributed by atoms with Gasteiger partial charge in [0.15, 0.2) is 0 Å². The van der Waals surface area contributed by atoms with Crippen molar-refractivity contribution in [1.29, 1.82) is 0 Å². The number of aromatic nitrogens is 2. The van der Waals surface area contributed by atoms with E-state index in [0.717, 1.165) is 29.6 Å². The predicted molar refractivity (Wildman–Crippen MR) is 66.8 cm³/mol. The lowest BCUT2D eigenvalue weighted by Crippen LogP contribution is -2.11. The van der Waals surface area contributed by atoms with Crippen molar-refractivity contribution in [2.24, 2.45) is 0 Å². The fourth-order valence-electron chi connectivity index (χ4n) is 2.09. The quantitative estimate of drug-likeness (QED) is 0.787. The zero-order valence-electron chi connectivity index (χ0n) is 9.92. The number of pyridine rings is 1. The topological polar surface area (TPSA) is 37.8 Å². The fraction of sp³-hybridized carbons (Fsp3) is 0.462. The van der Waals surface area contributed by atoms with Gasteiger partial charge in [0, 0.05) is 23.8 Å². The van der Waals surface area contributed by atoms with Gasteiger partial charge in [-0.3, -0.25) is 4.79 Å². The van der Waals surface area contributed by atoms with Crippen molar-refractivity contribution in [3.8, 4) is 0 Å². The summed E-state index contributed by atoms with van der Waals surface area (Å²) in [7, 11) is 0. The van der Waals surface area contributed by atoms with Crippen molar-refractivity contribution in [3.05, 3.63) is 34.4 Å². The van der Waals surface area contributed by atoms with Crippen molar-refractivity contribution in [3.63, 3.8) is 0 Å². The highest BCUT2D eigenvalue weighted by Gasteiger charge is 2.05. The summed E-state index contributed by atoms with van der Waals surface area (Å²) in [6, 6.07) is 4.04. The molecule has 16 heavy (non-hydrogen) atoms. The molecule has 0 saturated carbocycles. The highest BCUT2D eigenvalue weighted by molar-refractivity contribution is 5.79. The number of nitrogens with one attached hydrogen (secondary N) is 1. The predicted octanol–water partition coefficient (Wildman–Crippen LogP) is 2.83. The third kappa shape index (κ3) is 2.03. The number of rotatable bonds is 4. The van der Waals surface area contributed by atoms with Crippen LogP contribution in [0.3, 0.4) is 0 Å². The molecule has 86 valence electrons. The first-order valence-electron chi connectivity index (χ1n) is 5.91. The maximum absolute atomic E-state index is 11.8. The third-order valence-electron chi connectivity index (χ3n) is 2.90. The van der Waals surface area contributed by atoms with Gasteiger partial charge in [-0.2, -0.15) is 0 Å². The summed E-state index contributed by atoms with van der Waals surface area (Å²) in [4.78, 5) is 14.7. The van der Waals surface area contributed by atoms with E-state index in [9.17, 15) is 4.79 Å². The monoisotopic (exact) mass is 218 g/mol. The Bertz CT molecular complexity index is 536. The van der Waals surface area contributed by atoms with Gasteiger partial charge in [-0.25, -0.2) is 0 Å². The van der Waals surface area contributed by atoms with Gasteiger partial charge < -0.3 is 9.55 Å². The number of aromatic amines is 1. The first-order chi connectivity index (χ1) is 7.72. The minimum absolute atomic E-state index is 0.0245. The standard InChI is InChI=1S/C13H18N2O/c1-3-4-5-7-15-8-6-11-9-10(2)14-13(16)12(11)15/h6,8-9H,3-5,7H2,1-2H3,(H,14,16). The maximum Gasteiger partial charge on any atom is 0.272 e. The maximum atomic E-state index is 11.8. The Hall–Kier alpha value is -1.51. The second-order valence-corrected chi connectivity index (χ2v) is 4.30. The summed E-state index contributed by atoms with van der Waals surface area (Å²) in [5.74, 6) is 0. The molecule has 2 heterocycles. The van der Waals surface area contributed by atoms with Crippen LogP contribution >= 0.6 is 0 Å². The molecule has 0 atom stereocenters. The molecule has 1 N–H and O–H groups in total. The van der Waals surface area contributed by atoms with E-state index in [2.05, 4.69) is 16.5 Å². The van der Waals surface area contributed by atoms with Crippen LogP contribution in [0.15, 0.2) is 23.1 Å². The molecular formula is C13H18N2O. The number of hydrogen-bond donors (Lipinski definition) is 1. The molecule has 2 rings (SSSR count). The lowest BCUT2D eigenvalue weighted by atomic mass is 10.2. The molecule has 2 aromatic rings. The molecule has 0 saturated heterocycles. The van der Waals surface area contributed by atoms with Gasteiger partial charge in [0.2, 0.25) is 0 Å². The third-order valence-corrected chi connectivity index (χ3v) is 2.90. The summed E-state index contributed by atoms with van der Waals surface area (Å²) in [6.07, 6.45) is 5.56. The number of H-pyrrole nitrogens is 1. The van der Waals surface area contributed by atoms with Crippen molar-refractivity contribution >= 4 is 10.9 Å². The van der Waals surface area contributed by atoms with Gasteiger partial charge in [0.25, 0.3) is 5.56 Å². The minimum Gasteiger partial charge on any atom is -0.343 e. The van der Waals surface area contributed by atoms with Gasteiger partial charge in [-0.15, -0.1) is 0 Å². The van der Waals surface area contributed by atoms with E-state index in [1.165, 1.54) is 12.8 Å². The molecule has 2 aromatic heterocycles. The van der Waals surface area contributed by atoms with E-state index in [1.807, 2.05) is 25.3 Å². The number of hydrogen-bond acceptors (Lipinski definition) is 1. The molecule has 0 aliphatic carbocycles. The lowest BCUT2D eigenvalue weighted by molar-refractivity contribution is 0.615. The van der Waals surface area contributed by atoms with Gasteiger partial charge >= 0.3 is 0 Å². The molecule has 0 fully saturated rings. The summed E-state index contributed by atoms with van der Waals surface area (Å²) in [6.45, 7) is 5.03. The zero-order chi connectivity index (χ0) is 11.5. The molecule has 3 nitrogen and oxygen atoms in total. The Morgan fingerprint density at radius 2 is 2.19 bits per heavy atom. The average Bonchev–Trinajstić information content (AvgIpc) is 2.62. The van der Waals surface area contributed by atoms with Gasteiger partial charge in [0.05, 0.1) is 0 Å². The Labute approximate surface area is 95.1 Å². The molecule has 0 radical (unpaired) electrons. The second-order valence-electron chi connectivity index (χ2n) is 4.30. The minimum atomic E-state index is 0.0245. The van der Waals surface area contributed by atoms with Crippen molar-refractivity contribution in [2.45, 2.75) is 39.7 Å². The first-order valence-corrected chi connectivity index (χ1v) is 5.91. The average molecular weight is 218 g/mol. The smallest absolute Gasteiger partial charge is 0.272 e. The SMILES string of the molecule is CCCCCn1ccc2cc(C)[nH]c(=O)c21. The van der Waals surface area contributed by atoms with Crippen molar-refractivity contribution < 1.29 is 0 Å². The highest BCUT2D eigenvalue weighted by atomic mass is 16.1. The normalized spacial score (nSPS) is 11.1. The van der Waals surface area contributed by atoms with Crippen LogP contribution in [0, 0.1) is 6.92 Å². The number of aryl methyl sites for hydroxylation is 2. The fourth-order valence-corrected chi connectivity index (χ4v) is 2.09. The van der Waals surface area contributed by atoms with Crippen LogP contribution < -0.4 is 5.56 Å². The number of unbranched alkanes of at least 4 members (excludes halogenated alkanes) is 2. The van der Waals surface area contributed by atoms with E-state index in [1.54, 1.807) is 0 Å². The Morgan fingerprint density at radius 3 is 2.94 bits per heavy atom. The van der Waals surface area contributed by atoms with E-state index >= 15 is 0 Å². The van der Waals surface area contributed by atoms with E-state index in [4.69, 9.17) is 0 Å². The first kappa shape index (κ1) is 11.0. The van der Waals surface area contributed by atoms with Crippen molar-refractivity contribution in [1.82, 2.24) is 9.55 Å². The van der Waals surface area contributed by atoms with Gasteiger partial charge in [-0.1, -0.05) is 19.8 Å². The number of nitrogens with zero attached hydrogens (tertiary/aromatic N) is 1. The van der Waals surface area contributed by atoms with Crippen LogP contribution in [0.1, 0.15) is 31.9 Å². The van der Waals surface area contributed by atoms with Crippen LogP contribution in [0.4, 0.5) is 0 Å². The van der Waals surface area contributed by atoms with E-state index < -0.39 is 0 Å². The molecule has 3 heteroatoms. The molecule has 0 amide bonds. The lowest BCUT2D eigenvalue weighted by Gasteiger charge is -2.04. The molecule has 0 aliphatic heterocycles. The molecular weight excluding hydrogens is 200 g/mol. The zero-order valence-corrected chi connectivity index (χ0v) is 9.92. The van der Waals surface area contributed by atoms with Crippen LogP contribution in [-0.2, 0) is 6.54 Å². The summed E-state index contributed by atoms with van der Waals surface area (Å²) < 4.78 is 2.06. The van der Waals surface area contributed by atoms with Gasteiger partial charge in [-0.05, 0) is 25.5 Å². The number of fused-ring (bicyclic) bond motifs is 1. The highest BCUT2D eigenvalue weighted by Crippen LogP contribution is 2.13. The molecule has 0 bridgehead atoms. The molecule has 0 unspecified atom stereocenters. The van der Waals surface area contributed by atoms with Crippen LogP contribution in [-0.4, -0.2) is 9.55 Å². The Morgan fingerprint density at radius 1 is 1.38 bits per heavy atom. The van der Waals surface area contributed by atoms with Crippen molar-refractivity contribution in [2.75, 3.05) is 0 Å². The summed E-state index contributed by atoms with van der Waals surface area (Å²) in [5, 5.41) is 1.04. The Kier molecular flexibility index (Phi) is 3.13. The van der Waals surface area contributed by atoms with Crippen LogP contribution in [0.5, 0.6) is 0 Å². The summed E-state index contributed by atoms with van der Waals surface area (Å²) in [5.41, 5.74) is 1.75. The van der Waals surface area contributed by atoms with E-state index in [0.29, 0.717) is 0 Å². The van der Waals surface area contributed by atoms with E-state index in [-0.39, 0.29) is 5.56 Å². The molecule has 0 aliphatic rings. The van der Waals surface area contributed by atoms with Gasteiger partial charge in [0.1, 0.15) is 5.52 Å². The second kappa shape index (κ2) is 4.56. The molecule has 0 aromatic carbocycles.